The number of hydrogen-bond acceptors (Lipinski definition) is 6. The number of carbonyl (C=O) groups excluding carboxylic acids is 1. The Bertz CT molecular complexity index is 1540. The Hall–Kier alpha value is -4.30. The average molecular weight is 493 g/mol. The van der Waals surface area contributed by atoms with Crippen molar-refractivity contribution in [2.24, 2.45) is 5.10 Å². The molecule has 0 aliphatic carbocycles. The van der Waals surface area contributed by atoms with Crippen LogP contribution < -0.4 is 5.43 Å². The minimum Gasteiger partial charge on any atom is -0.272 e. The fraction of sp³-hybridized carbons (Fsp3) is 0.107. The normalized spacial score (nSPS) is 11.6. The maximum Gasteiger partial charge on any atom is 0.250 e. The van der Waals surface area contributed by atoms with Gasteiger partial charge in [0.1, 0.15) is 0 Å². The van der Waals surface area contributed by atoms with Crippen LogP contribution in [0, 0.1) is 6.92 Å². The first kappa shape index (κ1) is 23.4. The molecule has 0 unspecified atom stereocenters. The predicted molar refractivity (Wildman–Crippen MR) is 144 cm³/mol. The molecule has 5 rings (SSSR count). The lowest BCUT2D eigenvalue weighted by Gasteiger charge is -2.10. The van der Waals surface area contributed by atoms with E-state index >= 15 is 0 Å². The maximum atomic E-state index is 12.7. The highest BCUT2D eigenvalue weighted by Crippen LogP contribution is 2.28. The highest BCUT2D eigenvalue weighted by Gasteiger charge is 2.17. The first-order chi connectivity index (χ1) is 17.6. The molecule has 0 spiro atoms. The van der Waals surface area contributed by atoms with Crippen molar-refractivity contribution >= 4 is 34.2 Å². The number of hydrazone groups is 1. The van der Waals surface area contributed by atoms with E-state index in [9.17, 15) is 4.79 Å². The summed E-state index contributed by atoms with van der Waals surface area (Å²) in [7, 11) is 0. The third-order valence-corrected chi connectivity index (χ3v) is 6.65. The van der Waals surface area contributed by atoms with Gasteiger partial charge in [0, 0.05) is 29.2 Å². The largest absolute Gasteiger partial charge is 0.272 e. The monoisotopic (exact) mass is 492 g/mol. The lowest BCUT2D eigenvalue weighted by atomic mass is 10.0. The molecule has 0 fully saturated rings. The molecule has 2 aromatic heterocycles. The molecule has 8 heteroatoms. The molecule has 7 nitrogen and oxygen atoms in total. The number of hydrogen-bond donors (Lipinski definition) is 1. The number of nitrogens with zero attached hydrogens (tertiary/aromatic N) is 5. The topological polar surface area (TPSA) is 85.1 Å². The molecule has 0 radical (unpaired) electrons. The average Bonchev–Trinajstić information content (AvgIpc) is 3.35. The Morgan fingerprint density at radius 1 is 0.944 bits per heavy atom. The van der Waals surface area contributed by atoms with Gasteiger partial charge in [0.15, 0.2) is 11.0 Å². The van der Waals surface area contributed by atoms with Crippen molar-refractivity contribution in [1.82, 2.24) is 25.2 Å². The van der Waals surface area contributed by atoms with E-state index in [4.69, 9.17) is 0 Å². The maximum absolute atomic E-state index is 12.7. The molecule has 5 aromatic rings. The lowest BCUT2D eigenvalue weighted by Crippen LogP contribution is -2.21. The first-order valence-electron chi connectivity index (χ1n) is 11.5. The Morgan fingerprint density at radius 2 is 1.69 bits per heavy atom. The van der Waals surface area contributed by atoms with Crippen LogP contribution in [-0.4, -0.2) is 37.1 Å². The van der Waals surface area contributed by atoms with Gasteiger partial charge >= 0.3 is 0 Å². The number of benzene rings is 3. The van der Waals surface area contributed by atoms with Gasteiger partial charge in [0.25, 0.3) is 5.91 Å². The summed E-state index contributed by atoms with van der Waals surface area (Å²) >= 11 is 1.31. The number of fused-ring (bicyclic) bond motifs is 1. The predicted octanol–water partition coefficient (Wildman–Crippen LogP) is 5.42. The van der Waals surface area contributed by atoms with Crippen molar-refractivity contribution in [2.75, 3.05) is 5.75 Å². The van der Waals surface area contributed by atoms with Crippen LogP contribution in [0.15, 0.2) is 102 Å². The smallest absolute Gasteiger partial charge is 0.250 e. The van der Waals surface area contributed by atoms with Gasteiger partial charge in [-0.05, 0) is 48.9 Å². The fourth-order valence-electron chi connectivity index (χ4n) is 3.89. The second-order valence-electron chi connectivity index (χ2n) is 8.26. The van der Waals surface area contributed by atoms with Gasteiger partial charge in [0.05, 0.1) is 11.5 Å². The molecule has 36 heavy (non-hydrogen) atoms. The summed E-state index contributed by atoms with van der Waals surface area (Å²) in [5.41, 5.74) is 7.39. The number of nitrogens with one attached hydrogen (secondary N) is 1. The standard InChI is InChI=1S/C28H24N6OS/c1-19-10-12-23(13-11-19)34-27(22-14-16-29-17-15-22)32-33-28(34)36-18-26(35)31-30-20(2)24-9-5-7-21-6-3-4-8-25(21)24/h3-17H,18H2,1-2H3,(H,31,35)/b30-20+. The number of rotatable bonds is 7. The Morgan fingerprint density at radius 3 is 2.50 bits per heavy atom. The number of amides is 1. The van der Waals surface area contributed by atoms with Crippen LogP contribution in [0.1, 0.15) is 18.1 Å². The SMILES string of the molecule is C/C(=N\NC(=O)CSc1nnc(-c2ccncc2)n1-c1ccc(C)cc1)c1cccc2ccccc12. The van der Waals surface area contributed by atoms with E-state index in [0.29, 0.717) is 11.0 Å². The van der Waals surface area contributed by atoms with Crippen LogP contribution in [0.5, 0.6) is 0 Å². The fourth-order valence-corrected chi connectivity index (χ4v) is 4.63. The number of carbonyl (C=O) groups is 1. The van der Waals surface area contributed by atoms with E-state index in [0.717, 1.165) is 38.9 Å². The van der Waals surface area contributed by atoms with Crippen molar-refractivity contribution in [3.05, 3.63) is 102 Å². The van der Waals surface area contributed by atoms with E-state index in [1.807, 2.05) is 79.1 Å². The van der Waals surface area contributed by atoms with Crippen LogP contribution in [0.4, 0.5) is 0 Å². The Labute approximate surface area is 213 Å². The van der Waals surface area contributed by atoms with E-state index in [1.165, 1.54) is 11.8 Å². The van der Waals surface area contributed by atoms with E-state index in [1.54, 1.807) is 12.4 Å². The van der Waals surface area contributed by atoms with Crippen LogP contribution in [0.2, 0.25) is 0 Å². The van der Waals surface area contributed by atoms with Gasteiger partial charge in [-0.3, -0.25) is 14.3 Å². The van der Waals surface area contributed by atoms with Gasteiger partial charge in [-0.1, -0.05) is 71.9 Å². The molecule has 0 saturated heterocycles. The van der Waals surface area contributed by atoms with Crippen LogP contribution >= 0.6 is 11.8 Å². The molecular formula is C28H24N6OS. The van der Waals surface area contributed by atoms with Gasteiger partial charge in [-0.25, -0.2) is 5.43 Å². The summed E-state index contributed by atoms with van der Waals surface area (Å²) < 4.78 is 1.96. The van der Waals surface area contributed by atoms with Crippen LogP contribution in [0.25, 0.3) is 27.8 Å². The zero-order chi connectivity index (χ0) is 24.9. The molecule has 0 saturated carbocycles. The van der Waals surface area contributed by atoms with Crippen LogP contribution in [-0.2, 0) is 4.79 Å². The molecule has 1 amide bonds. The number of thioether (sulfide) groups is 1. The van der Waals surface area contributed by atoms with Crippen molar-refractivity contribution in [2.45, 2.75) is 19.0 Å². The number of aryl methyl sites for hydroxylation is 1. The molecule has 2 heterocycles. The van der Waals surface area contributed by atoms with Crippen molar-refractivity contribution < 1.29 is 4.79 Å². The van der Waals surface area contributed by atoms with Gasteiger partial charge in [-0.2, -0.15) is 5.10 Å². The molecule has 3 aromatic carbocycles. The summed E-state index contributed by atoms with van der Waals surface area (Å²) in [5.74, 6) is 0.615. The summed E-state index contributed by atoms with van der Waals surface area (Å²) in [4.78, 5) is 16.8. The Balaban J connectivity index is 1.34. The van der Waals surface area contributed by atoms with Crippen LogP contribution in [0.3, 0.4) is 0 Å². The molecule has 1 N–H and O–H groups in total. The quantitative estimate of drug-likeness (QED) is 0.186. The van der Waals surface area contributed by atoms with Crippen molar-refractivity contribution in [1.29, 1.82) is 0 Å². The summed E-state index contributed by atoms with van der Waals surface area (Å²) in [6, 6.07) is 26.1. The minimum atomic E-state index is -0.219. The van der Waals surface area contributed by atoms with E-state index in [-0.39, 0.29) is 11.7 Å². The summed E-state index contributed by atoms with van der Waals surface area (Å²) in [5, 5.41) is 16.0. The lowest BCUT2D eigenvalue weighted by molar-refractivity contribution is -0.118. The molecular weight excluding hydrogens is 468 g/mol. The van der Waals surface area contributed by atoms with Crippen molar-refractivity contribution in [3.63, 3.8) is 0 Å². The highest BCUT2D eigenvalue weighted by atomic mass is 32.2. The molecule has 0 aliphatic rings. The zero-order valence-corrected chi connectivity index (χ0v) is 20.7. The third kappa shape index (κ3) is 5.04. The van der Waals surface area contributed by atoms with E-state index in [2.05, 4.69) is 43.9 Å². The number of pyridine rings is 1. The van der Waals surface area contributed by atoms with E-state index < -0.39 is 0 Å². The summed E-state index contributed by atoms with van der Waals surface area (Å²) in [6.07, 6.45) is 3.44. The van der Waals surface area contributed by atoms with Gasteiger partial charge < -0.3 is 0 Å². The Kier molecular flexibility index (Phi) is 6.86. The van der Waals surface area contributed by atoms with Gasteiger partial charge in [-0.15, -0.1) is 10.2 Å². The molecule has 0 atom stereocenters. The third-order valence-electron chi connectivity index (χ3n) is 5.72. The second kappa shape index (κ2) is 10.5. The highest BCUT2D eigenvalue weighted by molar-refractivity contribution is 7.99. The summed E-state index contributed by atoms with van der Waals surface area (Å²) in [6.45, 7) is 3.94. The first-order valence-corrected chi connectivity index (χ1v) is 12.5. The minimum absolute atomic E-state index is 0.145. The number of aromatic nitrogens is 4. The van der Waals surface area contributed by atoms with Gasteiger partial charge in [0.2, 0.25) is 0 Å². The molecule has 178 valence electrons. The molecule has 0 bridgehead atoms. The second-order valence-corrected chi connectivity index (χ2v) is 9.20. The molecule has 0 aliphatic heterocycles. The zero-order valence-electron chi connectivity index (χ0n) is 19.9. The van der Waals surface area contributed by atoms with Crippen molar-refractivity contribution in [3.8, 4) is 17.1 Å².